The van der Waals surface area contributed by atoms with Gasteiger partial charge in [0.1, 0.15) is 18.0 Å². The molecular weight excluding hydrogens is 328 g/mol. The van der Waals surface area contributed by atoms with Gasteiger partial charge in [-0.05, 0) is 25.0 Å². The molecule has 0 saturated carbocycles. The van der Waals surface area contributed by atoms with Gasteiger partial charge in [0.25, 0.3) is 0 Å². The summed E-state index contributed by atoms with van der Waals surface area (Å²) < 4.78 is 23.8. The van der Waals surface area contributed by atoms with Crippen molar-refractivity contribution < 1.29 is 13.5 Å². The maximum atomic E-state index is 11.9. The number of aromatic nitrogens is 2. The van der Waals surface area contributed by atoms with Gasteiger partial charge in [0.2, 0.25) is 0 Å². The average molecular weight is 348 g/mol. The number of nitrogens with one attached hydrogen (secondary N) is 1. The summed E-state index contributed by atoms with van der Waals surface area (Å²) >= 11 is 0. The number of rotatable bonds is 4. The molecule has 0 amide bonds. The van der Waals surface area contributed by atoms with Crippen LogP contribution in [0.3, 0.4) is 0 Å². The summed E-state index contributed by atoms with van der Waals surface area (Å²) in [5.41, 5.74) is 0.475. The van der Waals surface area contributed by atoms with Crippen LogP contribution in [0.2, 0.25) is 0 Å². The lowest BCUT2D eigenvalue weighted by atomic mass is 10.1. The minimum atomic E-state index is -3.34. The number of hydrogen-bond donors (Lipinski definition) is 2. The fraction of sp³-hybridized carbons (Fsp3) is 0.375. The van der Waals surface area contributed by atoms with Crippen LogP contribution in [-0.2, 0) is 9.84 Å². The Kier molecular flexibility index (Phi) is 4.68. The number of aliphatic hydroxyl groups excluding tert-OH is 1. The molecule has 1 fully saturated rings. The van der Waals surface area contributed by atoms with E-state index in [-0.39, 0.29) is 11.0 Å². The van der Waals surface area contributed by atoms with Gasteiger partial charge in [-0.1, -0.05) is 12.1 Å². The van der Waals surface area contributed by atoms with Gasteiger partial charge >= 0.3 is 0 Å². The third-order valence-corrected chi connectivity index (χ3v) is 5.08. The fourth-order valence-electron chi connectivity index (χ4n) is 2.78. The molecule has 0 spiro atoms. The zero-order valence-electron chi connectivity index (χ0n) is 13.4. The molecule has 24 heavy (non-hydrogen) atoms. The van der Waals surface area contributed by atoms with Crippen molar-refractivity contribution in [2.75, 3.05) is 29.6 Å². The molecule has 1 atom stereocenters. The number of anilines is 3. The van der Waals surface area contributed by atoms with Crippen LogP contribution >= 0.6 is 0 Å². The molecule has 1 unspecified atom stereocenters. The summed E-state index contributed by atoms with van der Waals surface area (Å²) in [6.07, 6.45) is 3.96. The molecule has 1 aromatic carbocycles. The third kappa shape index (κ3) is 3.82. The van der Waals surface area contributed by atoms with E-state index in [2.05, 4.69) is 15.3 Å². The van der Waals surface area contributed by atoms with E-state index in [4.69, 9.17) is 0 Å². The third-order valence-electron chi connectivity index (χ3n) is 3.92. The summed E-state index contributed by atoms with van der Waals surface area (Å²) in [5.74, 6) is 1.22. The predicted molar refractivity (Wildman–Crippen MR) is 92.3 cm³/mol. The van der Waals surface area contributed by atoms with Crippen LogP contribution in [0.5, 0.6) is 0 Å². The lowest BCUT2D eigenvalue weighted by Gasteiger charge is -2.31. The number of nitrogens with zero attached hydrogens (tertiary/aromatic N) is 3. The molecule has 1 aliphatic rings. The largest absolute Gasteiger partial charge is 0.391 e. The van der Waals surface area contributed by atoms with E-state index in [9.17, 15) is 13.5 Å². The number of sulfone groups is 1. The molecule has 128 valence electrons. The molecule has 0 radical (unpaired) electrons. The lowest BCUT2D eigenvalue weighted by Crippen LogP contribution is -2.38. The molecule has 2 aromatic rings. The second kappa shape index (κ2) is 6.74. The maximum Gasteiger partial charge on any atom is 0.177 e. The number of para-hydroxylation sites is 1. The number of benzene rings is 1. The topological polar surface area (TPSA) is 95.4 Å². The van der Waals surface area contributed by atoms with Crippen LogP contribution in [-0.4, -0.2) is 48.9 Å². The van der Waals surface area contributed by atoms with Crippen molar-refractivity contribution in [2.24, 2.45) is 0 Å². The summed E-state index contributed by atoms with van der Waals surface area (Å²) in [7, 11) is -3.34. The highest BCUT2D eigenvalue weighted by atomic mass is 32.2. The number of hydrogen-bond acceptors (Lipinski definition) is 7. The molecule has 0 bridgehead atoms. The highest BCUT2D eigenvalue weighted by Gasteiger charge is 2.19. The first kappa shape index (κ1) is 16.7. The van der Waals surface area contributed by atoms with Crippen molar-refractivity contribution in [3.05, 3.63) is 36.7 Å². The minimum absolute atomic E-state index is 0.221. The van der Waals surface area contributed by atoms with Crippen LogP contribution in [0.25, 0.3) is 0 Å². The molecule has 1 aliphatic heterocycles. The molecule has 0 aliphatic carbocycles. The van der Waals surface area contributed by atoms with Crippen molar-refractivity contribution >= 4 is 27.2 Å². The van der Waals surface area contributed by atoms with E-state index in [0.29, 0.717) is 23.9 Å². The Morgan fingerprint density at radius 1 is 1.29 bits per heavy atom. The van der Waals surface area contributed by atoms with Gasteiger partial charge in [-0.2, -0.15) is 0 Å². The Labute approximate surface area is 141 Å². The number of aliphatic hydroxyl groups is 1. The van der Waals surface area contributed by atoms with Gasteiger partial charge < -0.3 is 15.3 Å². The van der Waals surface area contributed by atoms with Crippen molar-refractivity contribution in [1.29, 1.82) is 0 Å². The zero-order valence-corrected chi connectivity index (χ0v) is 14.2. The van der Waals surface area contributed by atoms with Gasteiger partial charge in [-0.25, -0.2) is 18.4 Å². The first-order valence-electron chi connectivity index (χ1n) is 7.74. The second-order valence-electron chi connectivity index (χ2n) is 5.90. The first-order valence-corrected chi connectivity index (χ1v) is 9.64. The van der Waals surface area contributed by atoms with Crippen LogP contribution in [0, 0.1) is 0 Å². The molecular formula is C16H20N4O3S. The van der Waals surface area contributed by atoms with Gasteiger partial charge in [-0.3, -0.25) is 0 Å². The predicted octanol–water partition coefficient (Wildman–Crippen LogP) is 1.58. The highest BCUT2D eigenvalue weighted by Crippen LogP contribution is 2.25. The van der Waals surface area contributed by atoms with Crippen molar-refractivity contribution in [3.63, 3.8) is 0 Å². The summed E-state index contributed by atoms with van der Waals surface area (Å²) in [4.78, 5) is 10.6. The Bertz CT molecular complexity index is 826. The van der Waals surface area contributed by atoms with Gasteiger partial charge in [-0.15, -0.1) is 0 Å². The van der Waals surface area contributed by atoms with E-state index in [1.807, 2.05) is 4.90 Å². The first-order chi connectivity index (χ1) is 11.4. The zero-order chi connectivity index (χ0) is 17.2. The summed E-state index contributed by atoms with van der Waals surface area (Å²) in [5, 5.41) is 12.9. The SMILES string of the molecule is CS(=O)(=O)c1ccccc1Nc1cc(N2CCCC(O)C2)ncn1. The number of β-amino-alcohol motifs (C(OH)–C–C–N with tert-alkyl or cyclic N) is 1. The normalized spacial score (nSPS) is 18.4. The quantitative estimate of drug-likeness (QED) is 0.866. The van der Waals surface area contributed by atoms with Gasteiger partial charge in [0.15, 0.2) is 9.84 Å². The van der Waals surface area contributed by atoms with Gasteiger partial charge in [0, 0.05) is 25.4 Å². The van der Waals surface area contributed by atoms with E-state index < -0.39 is 9.84 Å². The second-order valence-corrected chi connectivity index (χ2v) is 7.88. The summed E-state index contributed by atoms with van der Waals surface area (Å²) in [6.45, 7) is 1.36. The standard InChI is InChI=1S/C16H20N4O3S/c1-24(22,23)14-7-3-2-6-13(14)19-15-9-16(18-11-17-15)20-8-4-5-12(21)10-20/h2-3,6-7,9,11-12,21H,4-5,8,10H2,1H3,(H,17,18,19). The van der Waals surface area contributed by atoms with E-state index >= 15 is 0 Å². The molecule has 2 N–H and O–H groups in total. The van der Waals surface area contributed by atoms with Crippen molar-refractivity contribution in [3.8, 4) is 0 Å². The molecule has 3 rings (SSSR count). The molecule has 1 saturated heterocycles. The Balaban J connectivity index is 1.86. The average Bonchev–Trinajstić information content (AvgIpc) is 2.55. The minimum Gasteiger partial charge on any atom is -0.391 e. The van der Waals surface area contributed by atoms with Crippen molar-refractivity contribution in [1.82, 2.24) is 9.97 Å². The highest BCUT2D eigenvalue weighted by molar-refractivity contribution is 7.90. The number of piperidine rings is 1. The fourth-order valence-corrected chi connectivity index (χ4v) is 3.63. The molecule has 8 heteroatoms. The smallest absolute Gasteiger partial charge is 0.177 e. The lowest BCUT2D eigenvalue weighted by molar-refractivity contribution is 0.154. The van der Waals surface area contributed by atoms with Crippen LogP contribution in [0.1, 0.15) is 12.8 Å². The summed E-state index contributed by atoms with van der Waals surface area (Å²) in [6, 6.07) is 8.46. The molecule has 1 aromatic heterocycles. The van der Waals surface area contributed by atoms with Crippen LogP contribution in [0.4, 0.5) is 17.3 Å². The van der Waals surface area contributed by atoms with E-state index in [1.54, 1.807) is 30.3 Å². The Morgan fingerprint density at radius 2 is 2.08 bits per heavy atom. The van der Waals surface area contributed by atoms with Crippen molar-refractivity contribution in [2.45, 2.75) is 23.8 Å². The Morgan fingerprint density at radius 3 is 2.83 bits per heavy atom. The van der Waals surface area contributed by atoms with Crippen LogP contribution in [0.15, 0.2) is 41.6 Å². The van der Waals surface area contributed by atoms with E-state index in [1.165, 1.54) is 12.6 Å². The van der Waals surface area contributed by atoms with Crippen LogP contribution < -0.4 is 10.2 Å². The van der Waals surface area contributed by atoms with Gasteiger partial charge in [0.05, 0.1) is 16.7 Å². The van der Waals surface area contributed by atoms with E-state index in [0.717, 1.165) is 19.4 Å². The molecule has 2 heterocycles. The maximum absolute atomic E-state index is 11.9. The Hall–Kier alpha value is -2.19. The molecule has 7 nitrogen and oxygen atoms in total. The monoisotopic (exact) mass is 348 g/mol.